The maximum atomic E-state index is 12.4. The van der Waals surface area contributed by atoms with Crippen LogP contribution in [0.4, 0.5) is 0 Å². The summed E-state index contributed by atoms with van der Waals surface area (Å²) in [5, 5.41) is 3.03. The van der Waals surface area contributed by atoms with E-state index in [4.69, 9.17) is 4.74 Å². The van der Waals surface area contributed by atoms with Gasteiger partial charge < -0.3 is 9.64 Å². The molecule has 0 radical (unpaired) electrons. The fourth-order valence-corrected chi connectivity index (χ4v) is 3.54. The first-order chi connectivity index (χ1) is 14.1. The van der Waals surface area contributed by atoms with E-state index in [1.807, 2.05) is 67.9 Å². The van der Waals surface area contributed by atoms with Crippen molar-refractivity contribution in [2.24, 2.45) is 0 Å². The third kappa shape index (κ3) is 6.57. The average molecular weight is 407 g/mol. The van der Waals surface area contributed by atoms with Crippen LogP contribution in [0.3, 0.4) is 0 Å². The predicted octanol–water partition coefficient (Wildman–Crippen LogP) is 5.13. The molecule has 0 saturated carbocycles. The molecule has 0 atom stereocenters. The van der Waals surface area contributed by atoms with E-state index in [-0.39, 0.29) is 5.91 Å². The van der Waals surface area contributed by atoms with Crippen LogP contribution in [0, 0.1) is 6.92 Å². The second-order valence-corrected chi connectivity index (χ2v) is 7.93. The standard InChI is InChI=1S/C24H26N2O2S/c1-19-25-22(18-29-19)17-28-23-13-7-6-12-21(23)14-15-24(27)26(2)16-8-11-20-9-4-3-5-10-20/h3-7,9-10,12-15,18H,8,11,16-17H2,1-2H3/b15-14+. The molecule has 0 unspecified atom stereocenters. The van der Waals surface area contributed by atoms with Gasteiger partial charge in [-0.15, -0.1) is 11.3 Å². The Kier molecular flexibility index (Phi) is 7.59. The summed E-state index contributed by atoms with van der Waals surface area (Å²) in [5.41, 5.74) is 3.09. The Morgan fingerprint density at radius 1 is 1.14 bits per heavy atom. The number of likely N-dealkylation sites (N-methyl/N-ethyl adjacent to an activating group) is 1. The molecule has 0 bridgehead atoms. The van der Waals surface area contributed by atoms with Gasteiger partial charge in [0.1, 0.15) is 12.4 Å². The van der Waals surface area contributed by atoms with E-state index >= 15 is 0 Å². The van der Waals surface area contributed by atoms with Crippen molar-refractivity contribution in [3.8, 4) is 5.75 Å². The Balaban J connectivity index is 1.52. The number of ether oxygens (including phenoxy) is 1. The molecule has 1 heterocycles. The van der Waals surface area contributed by atoms with Gasteiger partial charge in [-0.2, -0.15) is 0 Å². The number of hydrogen-bond acceptors (Lipinski definition) is 4. The molecule has 4 nitrogen and oxygen atoms in total. The van der Waals surface area contributed by atoms with Crippen LogP contribution >= 0.6 is 11.3 Å². The number of rotatable bonds is 9. The topological polar surface area (TPSA) is 42.4 Å². The van der Waals surface area contributed by atoms with E-state index in [9.17, 15) is 4.79 Å². The third-order valence-corrected chi connectivity index (χ3v) is 5.37. The number of para-hydroxylation sites is 1. The predicted molar refractivity (Wildman–Crippen MR) is 119 cm³/mol. The molecule has 0 N–H and O–H groups in total. The lowest BCUT2D eigenvalue weighted by Crippen LogP contribution is -2.26. The van der Waals surface area contributed by atoms with E-state index < -0.39 is 0 Å². The summed E-state index contributed by atoms with van der Waals surface area (Å²) in [4.78, 5) is 18.6. The first-order valence-corrected chi connectivity index (χ1v) is 10.6. The van der Waals surface area contributed by atoms with Gasteiger partial charge in [0.05, 0.1) is 10.7 Å². The van der Waals surface area contributed by atoms with Gasteiger partial charge in [-0.3, -0.25) is 4.79 Å². The molecule has 0 aliphatic carbocycles. The summed E-state index contributed by atoms with van der Waals surface area (Å²) < 4.78 is 5.91. The molecule has 0 fully saturated rings. The zero-order valence-corrected chi connectivity index (χ0v) is 17.7. The molecular weight excluding hydrogens is 380 g/mol. The van der Waals surface area contributed by atoms with Crippen LogP contribution in [0.25, 0.3) is 6.08 Å². The van der Waals surface area contributed by atoms with E-state index in [2.05, 4.69) is 17.1 Å². The van der Waals surface area contributed by atoms with E-state index in [1.165, 1.54) is 5.56 Å². The number of nitrogens with zero attached hydrogens (tertiary/aromatic N) is 2. The van der Waals surface area contributed by atoms with Crippen LogP contribution in [-0.4, -0.2) is 29.4 Å². The summed E-state index contributed by atoms with van der Waals surface area (Å²) in [7, 11) is 1.84. The van der Waals surface area contributed by atoms with Crippen LogP contribution in [-0.2, 0) is 17.8 Å². The number of amides is 1. The normalized spacial score (nSPS) is 11.0. The van der Waals surface area contributed by atoms with Crippen molar-refractivity contribution in [3.05, 3.63) is 87.9 Å². The van der Waals surface area contributed by atoms with Crippen LogP contribution in [0.15, 0.2) is 66.1 Å². The Bertz CT molecular complexity index is 950. The number of aryl methyl sites for hydroxylation is 2. The fraction of sp³-hybridized carbons (Fsp3) is 0.250. The highest BCUT2D eigenvalue weighted by Gasteiger charge is 2.07. The number of carbonyl (C=O) groups excluding carboxylic acids is 1. The fourth-order valence-electron chi connectivity index (χ4n) is 2.94. The molecule has 0 spiro atoms. The first kappa shape index (κ1) is 20.8. The van der Waals surface area contributed by atoms with Gasteiger partial charge in [0.2, 0.25) is 5.91 Å². The largest absolute Gasteiger partial charge is 0.487 e. The molecule has 0 aliphatic rings. The number of aromatic nitrogens is 1. The third-order valence-electron chi connectivity index (χ3n) is 4.54. The molecule has 3 aromatic rings. The smallest absolute Gasteiger partial charge is 0.246 e. The quantitative estimate of drug-likeness (QED) is 0.462. The number of hydrogen-bond donors (Lipinski definition) is 0. The minimum atomic E-state index is -0.0111. The van der Waals surface area contributed by atoms with Gasteiger partial charge in [-0.05, 0) is 37.5 Å². The summed E-state index contributed by atoms with van der Waals surface area (Å²) in [6.07, 6.45) is 5.33. The van der Waals surface area contributed by atoms with Gasteiger partial charge in [-0.1, -0.05) is 48.5 Å². The maximum Gasteiger partial charge on any atom is 0.246 e. The van der Waals surface area contributed by atoms with Crippen LogP contribution in [0.1, 0.15) is 28.2 Å². The number of carbonyl (C=O) groups is 1. The zero-order valence-electron chi connectivity index (χ0n) is 16.9. The Labute approximate surface area is 176 Å². The molecule has 5 heteroatoms. The van der Waals surface area contributed by atoms with Crippen molar-refractivity contribution in [2.75, 3.05) is 13.6 Å². The number of benzene rings is 2. The van der Waals surface area contributed by atoms with Crippen LogP contribution in [0.5, 0.6) is 5.75 Å². The van der Waals surface area contributed by atoms with E-state index in [1.54, 1.807) is 22.3 Å². The minimum Gasteiger partial charge on any atom is -0.487 e. The second-order valence-electron chi connectivity index (χ2n) is 6.87. The van der Waals surface area contributed by atoms with Gasteiger partial charge in [0.15, 0.2) is 0 Å². The minimum absolute atomic E-state index is 0.0111. The molecule has 1 aromatic heterocycles. The maximum absolute atomic E-state index is 12.4. The molecule has 29 heavy (non-hydrogen) atoms. The first-order valence-electron chi connectivity index (χ1n) is 9.72. The van der Waals surface area contributed by atoms with Gasteiger partial charge in [-0.25, -0.2) is 4.98 Å². The zero-order chi connectivity index (χ0) is 20.5. The Morgan fingerprint density at radius 3 is 2.66 bits per heavy atom. The molecule has 150 valence electrons. The SMILES string of the molecule is Cc1nc(COc2ccccc2/C=C/C(=O)N(C)CCCc2ccccc2)cs1. The summed E-state index contributed by atoms with van der Waals surface area (Å²) in [5.74, 6) is 0.733. The average Bonchev–Trinajstić information content (AvgIpc) is 3.17. The molecule has 3 rings (SSSR count). The van der Waals surface area contributed by atoms with Gasteiger partial charge >= 0.3 is 0 Å². The Morgan fingerprint density at radius 2 is 1.90 bits per heavy atom. The summed E-state index contributed by atoms with van der Waals surface area (Å²) >= 11 is 1.61. The highest BCUT2D eigenvalue weighted by molar-refractivity contribution is 7.09. The summed E-state index contributed by atoms with van der Waals surface area (Å²) in [6.45, 7) is 3.12. The lowest BCUT2D eigenvalue weighted by Gasteiger charge is -2.15. The Hall–Kier alpha value is -2.92. The van der Waals surface area contributed by atoms with Crippen molar-refractivity contribution in [1.29, 1.82) is 0 Å². The molecule has 0 saturated heterocycles. The molecule has 0 aliphatic heterocycles. The highest BCUT2D eigenvalue weighted by atomic mass is 32.1. The van der Waals surface area contributed by atoms with Crippen LogP contribution < -0.4 is 4.74 Å². The van der Waals surface area contributed by atoms with Crippen molar-refractivity contribution in [1.82, 2.24) is 9.88 Å². The van der Waals surface area contributed by atoms with E-state index in [0.717, 1.165) is 41.4 Å². The molecule has 2 aromatic carbocycles. The number of thiazole rings is 1. The molecule has 1 amide bonds. The van der Waals surface area contributed by atoms with Crippen molar-refractivity contribution in [3.63, 3.8) is 0 Å². The second kappa shape index (κ2) is 10.6. The molecular formula is C24H26N2O2S. The lowest BCUT2D eigenvalue weighted by molar-refractivity contribution is -0.124. The van der Waals surface area contributed by atoms with Crippen molar-refractivity contribution in [2.45, 2.75) is 26.4 Å². The van der Waals surface area contributed by atoms with Gasteiger partial charge in [0.25, 0.3) is 0 Å². The highest BCUT2D eigenvalue weighted by Crippen LogP contribution is 2.21. The summed E-state index contributed by atoms with van der Waals surface area (Å²) in [6, 6.07) is 18.1. The van der Waals surface area contributed by atoms with Crippen molar-refractivity contribution < 1.29 is 9.53 Å². The van der Waals surface area contributed by atoms with Crippen LogP contribution in [0.2, 0.25) is 0 Å². The lowest BCUT2D eigenvalue weighted by atomic mass is 10.1. The van der Waals surface area contributed by atoms with Gasteiger partial charge in [0, 0.05) is 30.6 Å². The van der Waals surface area contributed by atoms with E-state index in [0.29, 0.717) is 6.61 Å². The monoisotopic (exact) mass is 406 g/mol. The van der Waals surface area contributed by atoms with Crippen molar-refractivity contribution >= 4 is 23.3 Å².